The fourth-order valence-corrected chi connectivity index (χ4v) is 5.02. The minimum atomic E-state index is -4.45. The van der Waals surface area contributed by atoms with Crippen molar-refractivity contribution in [3.63, 3.8) is 0 Å². The van der Waals surface area contributed by atoms with Crippen LogP contribution in [0.2, 0.25) is 0 Å². The quantitative estimate of drug-likeness (QED) is 0.789. The summed E-state index contributed by atoms with van der Waals surface area (Å²) in [5.41, 5.74) is -0.529. The first-order valence-electron chi connectivity index (χ1n) is 6.15. The number of hydrogen-bond donors (Lipinski definition) is 1. The number of benzene rings is 1. The highest BCUT2D eigenvalue weighted by Crippen LogP contribution is 2.34. The number of hydrogen-bond acceptors (Lipinski definition) is 3. The number of alkyl halides is 3. The van der Waals surface area contributed by atoms with Crippen molar-refractivity contribution < 1.29 is 21.6 Å². The highest BCUT2D eigenvalue weighted by atomic mass is 32.2. The predicted octanol–water partition coefficient (Wildman–Crippen LogP) is 1.57. The van der Waals surface area contributed by atoms with Gasteiger partial charge in [0.1, 0.15) is 0 Å². The highest BCUT2D eigenvalue weighted by Gasteiger charge is 2.47. The van der Waals surface area contributed by atoms with Gasteiger partial charge in [-0.2, -0.15) is 13.2 Å². The van der Waals surface area contributed by atoms with E-state index in [2.05, 4.69) is 5.32 Å². The molecule has 21 heavy (non-hydrogen) atoms. The van der Waals surface area contributed by atoms with E-state index in [1.54, 1.807) is 0 Å². The van der Waals surface area contributed by atoms with Gasteiger partial charge in [-0.25, -0.2) is 8.42 Å². The van der Waals surface area contributed by atoms with Crippen molar-refractivity contribution in [2.24, 2.45) is 0 Å². The van der Waals surface area contributed by atoms with Crippen LogP contribution in [0.4, 0.5) is 18.9 Å². The molecule has 1 N–H and O–H groups in total. The van der Waals surface area contributed by atoms with E-state index in [1.165, 1.54) is 17.0 Å². The van der Waals surface area contributed by atoms with E-state index >= 15 is 0 Å². The number of nitrogens with one attached hydrogen (secondary N) is 1. The number of sulfone groups is 1. The summed E-state index contributed by atoms with van der Waals surface area (Å²) in [5, 5.41) is 3.14. The number of thiocarbonyl (C=S) groups is 1. The van der Waals surface area contributed by atoms with Gasteiger partial charge in [-0.1, -0.05) is 6.07 Å². The van der Waals surface area contributed by atoms with Crippen LogP contribution in [-0.4, -0.2) is 37.1 Å². The molecule has 0 amide bonds. The molecule has 2 aliphatic rings. The summed E-state index contributed by atoms with van der Waals surface area (Å²) in [5.74, 6) is -0.158. The largest absolute Gasteiger partial charge is 0.416 e. The van der Waals surface area contributed by atoms with Gasteiger partial charge in [0.15, 0.2) is 14.9 Å². The summed E-state index contributed by atoms with van der Waals surface area (Å²) in [6, 6.07) is 3.93. The lowest BCUT2D eigenvalue weighted by molar-refractivity contribution is -0.137. The van der Waals surface area contributed by atoms with Crippen LogP contribution >= 0.6 is 12.2 Å². The molecule has 1 aromatic rings. The molecule has 2 saturated heterocycles. The summed E-state index contributed by atoms with van der Waals surface area (Å²) in [7, 11) is -3.19. The first-order chi connectivity index (χ1) is 9.67. The zero-order valence-corrected chi connectivity index (χ0v) is 12.2. The van der Waals surface area contributed by atoms with E-state index in [1.807, 2.05) is 0 Å². The molecule has 2 aliphatic heterocycles. The van der Waals surface area contributed by atoms with Crippen LogP contribution in [0.15, 0.2) is 24.3 Å². The van der Waals surface area contributed by atoms with Crippen LogP contribution in [0.5, 0.6) is 0 Å². The Morgan fingerprint density at radius 3 is 2.67 bits per heavy atom. The minimum absolute atomic E-state index is 0.0483. The van der Waals surface area contributed by atoms with Crippen LogP contribution in [0.3, 0.4) is 0 Å². The van der Waals surface area contributed by atoms with Gasteiger partial charge in [0.05, 0.1) is 29.2 Å². The number of nitrogens with zero attached hydrogens (tertiary/aromatic N) is 1. The second-order valence-electron chi connectivity index (χ2n) is 5.12. The van der Waals surface area contributed by atoms with Gasteiger partial charge in [-0.3, -0.25) is 0 Å². The summed E-state index contributed by atoms with van der Waals surface area (Å²) < 4.78 is 61.7. The average molecular weight is 336 g/mol. The number of fused-ring (bicyclic) bond motifs is 1. The smallest absolute Gasteiger partial charge is 0.356 e. The third kappa shape index (κ3) is 2.59. The van der Waals surface area contributed by atoms with Crippen molar-refractivity contribution in [2.75, 3.05) is 16.4 Å². The normalized spacial score (nSPS) is 27.6. The van der Waals surface area contributed by atoms with Crippen LogP contribution in [0, 0.1) is 0 Å². The molecule has 0 bridgehead atoms. The Labute approximate surface area is 124 Å². The summed E-state index contributed by atoms with van der Waals surface area (Å²) >= 11 is 5.13. The molecule has 0 aliphatic carbocycles. The van der Waals surface area contributed by atoms with Crippen molar-refractivity contribution in [1.82, 2.24) is 5.32 Å². The molecule has 2 heterocycles. The number of halogens is 3. The average Bonchev–Trinajstić information content (AvgIpc) is 2.78. The van der Waals surface area contributed by atoms with Crippen molar-refractivity contribution in [1.29, 1.82) is 0 Å². The lowest BCUT2D eigenvalue weighted by Crippen LogP contribution is -2.36. The summed E-state index contributed by atoms with van der Waals surface area (Å²) in [6.45, 7) is 0. The van der Waals surface area contributed by atoms with Crippen molar-refractivity contribution in [3.8, 4) is 0 Å². The number of rotatable bonds is 1. The Morgan fingerprint density at radius 1 is 1.29 bits per heavy atom. The van der Waals surface area contributed by atoms with Crippen LogP contribution in [0.1, 0.15) is 5.56 Å². The molecule has 9 heteroatoms. The van der Waals surface area contributed by atoms with E-state index in [0.29, 0.717) is 0 Å². The molecule has 3 rings (SSSR count). The van der Waals surface area contributed by atoms with Gasteiger partial charge < -0.3 is 10.2 Å². The predicted molar refractivity (Wildman–Crippen MR) is 75.9 cm³/mol. The van der Waals surface area contributed by atoms with Crippen molar-refractivity contribution in [2.45, 2.75) is 18.3 Å². The molecular formula is C12H11F3N2O2S2. The van der Waals surface area contributed by atoms with E-state index < -0.39 is 27.6 Å². The summed E-state index contributed by atoms with van der Waals surface area (Å²) in [6.07, 6.45) is -4.45. The zero-order valence-electron chi connectivity index (χ0n) is 10.6. The molecule has 0 aromatic heterocycles. The Morgan fingerprint density at radius 2 is 2.00 bits per heavy atom. The maximum absolute atomic E-state index is 12.8. The van der Waals surface area contributed by atoms with Gasteiger partial charge in [0, 0.05) is 5.69 Å². The Kier molecular flexibility index (Phi) is 3.17. The second kappa shape index (κ2) is 4.57. The molecule has 2 fully saturated rings. The van der Waals surface area contributed by atoms with Gasteiger partial charge in [-0.15, -0.1) is 0 Å². The van der Waals surface area contributed by atoms with E-state index in [4.69, 9.17) is 12.2 Å². The lowest BCUT2D eigenvalue weighted by atomic mass is 10.1. The maximum atomic E-state index is 12.8. The molecular weight excluding hydrogens is 325 g/mol. The topological polar surface area (TPSA) is 49.4 Å². The van der Waals surface area contributed by atoms with Crippen LogP contribution < -0.4 is 10.2 Å². The Balaban J connectivity index is 1.98. The van der Waals surface area contributed by atoms with E-state index in [-0.39, 0.29) is 28.3 Å². The fourth-order valence-electron chi connectivity index (χ4n) is 2.74. The Hall–Kier alpha value is -1.35. The minimum Gasteiger partial charge on any atom is -0.356 e. The fraction of sp³-hybridized carbons (Fsp3) is 0.417. The molecule has 0 unspecified atom stereocenters. The molecule has 4 nitrogen and oxygen atoms in total. The van der Waals surface area contributed by atoms with Crippen LogP contribution in [0.25, 0.3) is 0 Å². The molecule has 1 aromatic carbocycles. The molecule has 2 atom stereocenters. The number of anilines is 1. The van der Waals surface area contributed by atoms with Gasteiger partial charge in [0.25, 0.3) is 0 Å². The van der Waals surface area contributed by atoms with E-state index in [0.717, 1.165) is 12.1 Å². The second-order valence-corrected chi connectivity index (χ2v) is 7.66. The zero-order chi connectivity index (χ0) is 15.4. The first kappa shape index (κ1) is 14.6. The SMILES string of the molecule is O=S1(=O)C[C@@H]2NC(=S)N(c3cccc(C(F)(F)F)c3)[C@H]2C1. The monoisotopic (exact) mass is 336 g/mol. The molecule has 0 radical (unpaired) electrons. The summed E-state index contributed by atoms with van der Waals surface area (Å²) in [4.78, 5) is 1.47. The first-order valence-corrected chi connectivity index (χ1v) is 8.38. The third-order valence-electron chi connectivity index (χ3n) is 3.63. The van der Waals surface area contributed by atoms with Gasteiger partial charge in [-0.05, 0) is 30.4 Å². The van der Waals surface area contributed by atoms with Crippen LogP contribution in [-0.2, 0) is 16.0 Å². The van der Waals surface area contributed by atoms with Gasteiger partial charge >= 0.3 is 6.18 Å². The molecule has 0 saturated carbocycles. The highest BCUT2D eigenvalue weighted by molar-refractivity contribution is 7.91. The van der Waals surface area contributed by atoms with Crippen molar-refractivity contribution >= 4 is 32.9 Å². The lowest BCUT2D eigenvalue weighted by Gasteiger charge is -2.24. The molecule has 114 valence electrons. The standard InChI is InChI=1S/C12H11F3N2O2S2/c13-12(14,15)7-2-1-3-8(4-7)17-10-6-21(18,19)5-9(10)16-11(17)20/h1-4,9-10H,5-6H2,(H,16,20)/t9-,10-/m0/s1. The molecule has 0 spiro atoms. The van der Waals surface area contributed by atoms with E-state index in [9.17, 15) is 21.6 Å². The third-order valence-corrected chi connectivity index (χ3v) is 5.66. The Bertz CT molecular complexity index is 703. The van der Waals surface area contributed by atoms with Crippen molar-refractivity contribution in [3.05, 3.63) is 29.8 Å². The van der Waals surface area contributed by atoms with Gasteiger partial charge in [0.2, 0.25) is 0 Å². The maximum Gasteiger partial charge on any atom is 0.416 e.